The minimum atomic E-state index is -0.353. The number of anilines is 1. The Balaban J connectivity index is 1.75. The molecular weight excluding hydrogens is 398 g/mol. The maximum atomic E-state index is 13.8. The second kappa shape index (κ2) is 7.92. The van der Waals surface area contributed by atoms with Gasteiger partial charge >= 0.3 is 0 Å². The molecule has 1 N–H and O–H groups in total. The normalized spacial score (nSPS) is 11.2. The molecule has 1 aromatic heterocycles. The van der Waals surface area contributed by atoms with Crippen molar-refractivity contribution in [3.05, 3.63) is 88.2 Å². The van der Waals surface area contributed by atoms with Crippen LogP contribution >= 0.6 is 23.2 Å². The Kier molecular flexibility index (Phi) is 5.19. The number of halogens is 3. The smallest absolute Gasteiger partial charge is 0.163 e. The summed E-state index contributed by atoms with van der Waals surface area (Å²) in [6.45, 7) is 0. The highest BCUT2D eigenvalue weighted by atomic mass is 35.5. The lowest BCUT2D eigenvalue weighted by Crippen LogP contribution is -2.00. The summed E-state index contributed by atoms with van der Waals surface area (Å²) in [7, 11) is 0. The summed E-state index contributed by atoms with van der Waals surface area (Å²) in [5.74, 6) is 0.567. The molecule has 0 aliphatic carbocycles. The number of nitrogens with zero attached hydrogens (tertiary/aromatic N) is 3. The van der Waals surface area contributed by atoms with Crippen LogP contribution in [0.2, 0.25) is 10.0 Å². The SMILES string of the molecule is Fc1ccccc1/C=N/Nc1nc(-c2ccc(Cl)cc2Cl)nc2ccccc12. The number of benzene rings is 3. The average Bonchev–Trinajstić information content (AvgIpc) is 2.69. The molecule has 3 aromatic carbocycles. The second-order valence-corrected chi connectivity index (χ2v) is 6.77. The van der Waals surface area contributed by atoms with Gasteiger partial charge in [0.15, 0.2) is 11.6 Å². The van der Waals surface area contributed by atoms with Crippen LogP contribution in [-0.4, -0.2) is 16.2 Å². The van der Waals surface area contributed by atoms with Gasteiger partial charge in [0.05, 0.1) is 16.8 Å². The van der Waals surface area contributed by atoms with Crippen LogP contribution in [0.1, 0.15) is 5.56 Å². The van der Waals surface area contributed by atoms with Gasteiger partial charge in [-0.2, -0.15) is 5.10 Å². The quantitative estimate of drug-likeness (QED) is 0.322. The van der Waals surface area contributed by atoms with Gasteiger partial charge in [-0.15, -0.1) is 0 Å². The van der Waals surface area contributed by atoms with E-state index in [1.807, 2.05) is 24.3 Å². The van der Waals surface area contributed by atoms with Gasteiger partial charge in [0, 0.05) is 21.5 Å². The van der Waals surface area contributed by atoms with Crippen molar-refractivity contribution in [2.75, 3.05) is 5.43 Å². The molecule has 1 heterocycles. The average molecular weight is 411 g/mol. The fourth-order valence-electron chi connectivity index (χ4n) is 2.70. The molecule has 0 saturated heterocycles. The molecule has 0 bridgehead atoms. The summed E-state index contributed by atoms with van der Waals surface area (Å²) < 4.78 is 13.8. The molecular formula is C21H13Cl2FN4. The lowest BCUT2D eigenvalue weighted by molar-refractivity contribution is 0.626. The molecule has 0 aliphatic rings. The van der Waals surface area contributed by atoms with E-state index in [4.69, 9.17) is 23.2 Å². The Morgan fingerprint density at radius 3 is 2.54 bits per heavy atom. The molecule has 7 heteroatoms. The van der Waals surface area contributed by atoms with Crippen molar-refractivity contribution in [1.82, 2.24) is 9.97 Å². The molecule has 0 spiro atoms. The van der Waals surface area contributed by atoms with Crippen LogP contribution in [0.3, 0.4) is 0 Å². The van der Waals surface area contributed by atoms with Crippen LogP contribution in [0, 0.1) is 5.82 Å². The third-order valence-electron chi connectivity index (χ3n) is 4.05. The van der Waals surface area contributed by atoms with Gasteiger partial charge in [0.1, 0.15) is 5.82 Å². The summed E-state index contributed by atoms with van der Waals surface area (Å²) in [6, 6.07) is 19.0. The summed E-state index contributed by atoms with van der Waals surface area (Å²) in [5, 5.41) is 5.89. The van der Waals surface area contributed by atoms with Crippen molar-refractivity contribution in [3.8, 4) is 11.4 Å². The van der Waals surface area contributed by atoms with Crippen LogP contribution in [0.4, 0.5) is 10.2 Å². The molecule has 0 fully saturated rings. The van der Waals surface area contributed by atoms with E-state index in [-0.39, 0.29) is 5.82 Å². The summed E-state index contributed by atoms with van der Waals surface area (Å²) in [4.78, 5) is 9.14. The van der Waals surface area contributed by atoms with Gasteiger partial charge in [-0.05, 0) is 36.4 Å². The van der Waals surface area contributed by atoms with Crippen molar-refractivity contribution >= 4 is 46.1 Å². The van der Waals surface area contributed by atoms with E-state index in [9.17, 15) is 4.39 Å². The monoisotopic (exact) mass is 410 g/mol. The summed E-state index contributed by atoms with van der Waals surface area (Å²) in [6.07, 6.45) is 1.40. The molecule has 4 nitrogen and oxygen atoms in total. The van der Waals surface area contributed by atoms with Crippen LogP contribution in [-0.2, 0) is 0 Å². The lowest BCUT2D eigenvalue weighted by Gasteiger charge is -2.09. The van der Waals surface area contributed by atoms with E-state index in [0.29, 0.717) is 32.8 Å². The molecule has 0 aliphatic heterocycles. The maximum Gasteiger partial charge on any atom is 0.163 e. The van der Waals surface area contributed by atoms with Crippen LogP contribution in [0.15, 0.2) is 71.8 Å². The van der Waals surface area contributed by atoms with E-state index >= 15 is 0 Å². The summed E-state index contributed by atoms with van der Waals surface area (Å²) in [5.41, 5.74) is 4.63. The Morgan fingerprint density at radius 2 is 1.71 bits per heavy atom. The van der Waals surface area contributed by atoms with Gasteiger partial charge in [0.25, 0.3) is 0 Å². The first-order valence-electron chi connectivity index (χ1n) is 8.37. The molecule has 0 saturated carbocycles. The highest BCUT2D eigenvalue weighted by molar-refractivity contribution is 6.36. The van der Waals surface area contributed by atoms with E-state index in [0.717, 1.165) is 10.9 Å². The fourth-order valence-corrected chi connectivity index (χ4v) is 3.19. The summed E-state index contributed by atoms with van der Waals surface area (Å²) >= 11 is 12.3. The van der Waals surface area contributed by atoms with Crippen molar-refractivity contribution in [1.29, 1.82) is 0 Å². The van der Waals surface area contributed by atoms with E-state index in [2.05, 4.69) is 20.5 Å². The minimum Gasteiger partial charge on any atom is -0.261 e. The number of hydrogen-bond acceptors (Lipinski definition) is 4. The number of hydrogen-bond donors (Lipinski definition) is 1. The van der Waals surface area contributed by atoms with Gasteiger partial charge in [-0.25, -0.2) is 14.4 Å². The van der Waals surface area contributed by atoms with Crippen molar-refractivity contribution in [3.63, 3.8) is 0 Å². The number of para-hydroxylation sites is 1. The molecule has 0 unspecified atom stereocenters. The zero-order valence-electron chi connectivity index (χ0n) is 14.4. The van der Waals surface area contributed by atoms with Crippen molar-refractivity contribution in [2.24, 2.45) is 5.10 Å². The number of nitrogens with one attached hydrogen (secondary N) is 1. The van der Waals surface area contributed by atoms with E-state index < -0.39 is 0 Å². The first-order valence-corrected chi connectivity index (χ1v) is 9.13. The predicted molar refractivity (Wildman–Crippen MR) is 113 cm³/mol. The third-order valence-corrected chi connectivity index (χ3v) is 4.60. The first kappa shape index (κ1) is 18.3. The third kappa shape index (κ3) is 3.81. The van der Waals surface area contributed by atoms with Crippen molar-refractivity contribution in [2.45, 2.75) is 0 Å². The van der Waals surface area contributed by atoms with Gasteiger partial charge in [0.2, 0.25) is 0 Å². The molecule has 4 aromatic rings. The molecule has 0 amide bonds. The van der Waals surface area contributed by atoms with Crippen molar-refractivity contribution < 1.29 is 4.39 Å². The van der Waals surface area contributed by atoms with Crippen LogP contribution in [0.25, 0.3) is 22.3 Å². The fraction of sp³-hybridized carbons (Fsp3) is 0. The number of hydrazone groups is 1. The Hall–Kier alpha value is -3.02. The minimum absolute atomic E-state index is 0.353. The largest absolute Gasteiger partial charge is 0.261 e. The molecule has 0 atom stereocenters. The number of fused-ring (bicyclic) bond motifs is 1. The Labute approximate surface area is 170 Å². The maximum absolute atomic E-state index is 13.8. The van der Waals surface area contributed by atoms with E-state index in [1.54, 1.807) is 36.4 Å². The van der Waals surface area contributed by atoms with Crippen LogP contribution in [0.5, 0.6) is 0 Å². The molecule has 4 rings (SSSR count). The topological polar surface area (TPSA) is 50.2 Å². The Morgan fingerprint density at radius 1 is 0.929 bits per heavy atom. The number of aromatic nitrogens is 2. The zero-order chi connectivity index (χ0) is 19.5. The molecule has 138 valence electrons. The molecule has 0 radical (unpaired) electrons. The second-order valence-electron chi connectivity index (χ2n) is 5.93. The zero-order valence-corrected chi connectivity index (χ0v) is 15.9. The van der Waals surface area contributed by atoms with Gasteiger partial charge < -0.3 is 0 Å². The Bertz CT molecular complexity index is 1190. The number of rotatable bonds is 4. The standard InChI is InChI=1S/C21H13Cl2FN4/c22-14-9-10-15(17(23)11-14)20-26-19-8-4-2-6-16(19)21(27-20)28-25-12-13-5-1-3-7-18(13)24/h1-12H,(H,26,27,28)/b25-12+. The molecule has 28 heavy (non-hydrogen) atoms. The van der Waals surface area contributed by atoms with Crippen LogP contribution < -0.4 is 5.43 Å². The van der Waals surface area contributed by atoms with Gasteiger partial charge in [-0.1, -0.05) is 53.5 Å². The first-order chi connectivity index (χ1) is 13.6. The lowest BCUT2D eigenvalue weighted by atomic mass is 10.2. The predicted octanol–water partition coefficient (Wildman–Crippen LogP) is 6.19. The highest BCUT2D eigenvalue weighted by Gasteiger charge is 2.12. The highest BCUT2D eigenvalue weighted by Crippen LogP contribution is 2.31. The van der Waals surface area contributed by atoms with E-state index in [1.165, 1.54) is 12.3 Å². The van der Waals surface area contributed by atoms with Gasteiger partial charge in [-0.3, -0.25) is 5.43 Å².